The molecule has 2 heterocycles. The van der Waals surface area contributed by atoms with Crippen LogP contribution in [0.1, 0.15) is 10.4 Å². The van der Waals surface area contributed by atoms with Gasteiger partial charge in [-0.2, -0.15) is 0 Å². The summed E-state index contributed by atoms with van der Waals surface area (Å²) in [4.78, 5) is 13.6. The van der Waals surface area contributed by atoms with E-state index in [1.165, 1.54) is 10.2 Å². The van der Waals surface area contributed by atoms with E-state index in [2.05, 4.69) is 11.7 Å². The van der Waals surface area contributed by atoms with Crippen molar-refractivity contribution >= 4 is 24.0 Å². The lowest BCUT2D eigenvalue weighted by atomic mass is 10.2. The van der Waals surface area contributed by atoms with Gasteiger partial charge < -0.3 is 0 Å². The van der Waals surface area contributed by atoms with Crippen molar-refractivity contribution in [3.8, 4) is 5.69 Å². The highest BCUT2D eigenvalue weighted by molar-refractivity contribution is 7.11. The fourth-order valence-corrected chi connectivity index (χ4v) is 2.93. The molecule has 4 heteroatoms. The Bertz CT molecular complexity index is 900. The molecule has 0 saturated heterocycles. The van der Waals surface area contributed by atoms with Crippen LogP contribution < -0.4 is 16.1 Å². The minimum Gasteiger partial charge on any atom is -0.291 e. The predicted octanol–water partition coefficient (Wildman–Crippen LogP) is 1.77. The monoisotopic (exact) mass is 282 g/mol. The number of rotatable bonds is 2. The third kappa shape index (κ3) is 2.14. The summed E-state index contributed by atoms with van der Waals surface area (Å²) in [6, 6.07) is 11.5. The second-order valence-electron chi connectivity index (χ2n) is 4.59. The Labute approximate surface area is 120 Å². The summed E-state index contributed by atoms with van der Waals surface area (Å²) >= 11 is 1.62. The molecule has 0 aliphatic rings. The first-order chi connectivity index (χ1) is 9.66. The number of benzene rings is 1. The Kier molecular flexibility index (Phi) is 3.16. The van der Waals surface area contributed by atoms with Gasteiger partial charge in [0.25, 0.3) is 5.56 Å². The molecule has 20 heavy (non-hydrogen) atoms. The third-order valence-electron chi connectivity index (χ3n) is 3.20. The average molecular weight is 282 g/mol. The number of H-pyrrole nitrogens is 1. The normalized spacial score (nSPS) is 11.9. The number of aryl methyl sites for hydroxylation is 1. The molecule has 0 atom stereocenters. The quantitative estimate of drug-likeness (QED) is 0.764. The predicted molar refractivity (Wildman–Crippen MR) is 83.8 cm³/mol. The zero-order valence-electron chi connectivity index (χ0n) is 11.1. The van der Waals surface area contributed by atoms with Gasteiger partial charge in [-0.15, -0.1) is 11.3 Å². The molecule has 3 aromatic rings. The lowest BCUT2D eigenvalue weighted by Crippen LogP contribution is -2.33. The molecule has 3 rings (SSSR count). The van der Waals surface area contributed by atoms with Crippen LogP contribution >= 0.6 is 11.3 Å². The summed E-state index contributed by atoms with van der Waals surface area (Å²) in [6.07, 6.45) is 1.90. The molecular formula is C16H14N2OS. The van der Waals surface area contributed by atoms with Gasteiger partial charge in [0.05, 0.1) is 16.3 Å². The Morgan fingerprint density at radius 3 is 2.65 bits per heavy atom. The van der Waals surface area contributed by atoms with E-state index < -0.39 is 0 Å². The molecule has 0 unspecified atom stereocenters. The van der Waals surface area contributed by atoms with Gasteiger partial charge in [-0.3, -0.25) is 9.89 Å². The van der Waals surface area contributed by atoms with Crippen molar-refractivity contribution in [3.63, 3.8) is 0 Å². The lowest BCUT2D eigenvalue weighted by Gasteiger charge is -1.98. The third-order valence-corrected chi connectivity index (χ3v) is 4.16. The fraction of sp³-hybridized carbons (Fsp3) is 0.0625. The molecule has 0 radical (unpaired) electrons. The summed E-state index contributed by atoms with van der Waals surface area (Å²) in [5.41, 5.74) is 1.90. The van der Waals surface area contributed by atoms with Crippen LogP contribution in [0.4, 0.5) is 0 Å². The van der Waals surface area contributed by atoms with Gasteiger partial charge in [-0.1, -0.05) is 24.8 Å². The molecule has 3 nitrogen and oxygen atoms in total. The smallest absolute Gasteiger partial charge is 0.279 e. The first kappa shape index (κ1) is 12.7. The van der Waals surface area contributed by atoms with E-state index in [1.807, 2.05) is 54.8 Å². The second kappa shape index (κ2) is 4.98. The number of nitrogens with zero attached hydrogens (tertiary/aromatic N) is 1. The number of para-hydroxylation sites is 1. The minimum atomic E-state index is -0.0750. The first-order valence-corrected chi connectivity index (χ1v) is 7.16. The summed E-state index contributed by atoms with van der Waals surface area (Å²) in [7, 11) is 0. The van der Waals surface area contributed by atoms with Crippen molar-refractivity contribution in [1.29, 1.82) is 0 Å². The molecule has 0 spiro atoms. The first-order valence-electron chi connectivity index (χ1n) is 6.28. The molecule has 0 saturated carbocycles. The number of aromatic amines is 1. The summed E-state index contributed by atoms with van der Waals surface area (Å²) in [5, 5.41) is 6.29. The van der Waals surface area contributed by atoms with Crippen LogP contribution in [0.15, 0.2) is 46.6 Å². The zero-order chi connectivity index (χ0) is 14.1. The molecule has 0 bridgehead atoms. The molecule has 2 aromatic heterocycles. The topological polar surface area (TPSA) is 37.8 Å². The molecule has 1 aromatic carbocycles. The Morgan fingerprint density at radius 2 is 2.00 bits per heavy atom. The maximum atomic E-state index is 12.5. The number of thiophene rings is 1. The van der Waals surface area contributed by atoms with Gasteiger partial charge in [-0.25, -0.2) is 4.68 Å². The average Bonchev–Trinajstić information content (AvgIpc) is 2.98. The van der Waals surface area contributed by atoms with Gasteiger partial charge in [0, 0.05) is 4.88 Å². The Balaban J connectivity index is 2.24. The number of aromatic nitrogens is 2. The number of nitrogens with one attached hydrogen (secondary N) is 1. The molecule has 100 valence electrons. The van der Waals surface area contributed by atoms with E-state index in [1.54, 1.807) is 11.3 Å². The molecule has 0 amide bonds. The van der Waals surface area contributed by atoms with E-state index in [0.717, 1.165) is 10.6 Å². The van der Waals surface area contributed by atoms with Crippen LogP contribution in [0.3, 0.4) is 0 Å². The van der Waals surface area contributed by atoms with Crippen LogP contribution in [0.25, 0.3) is 18.3 Å². The van der Waals surface area contributed by atoms with Gasteiger partial charge in [0.15, 0.2) is 0 Å². The highest BCUT2D eigenvalue weighted by Gasteiger charge is 2.05. The van der Waals surface area contributed by atoms with Crippen LogP contribution in [-0.4, -0.2) is 9.78 Å². The van der Waals surface area contributed by atoms with E-state index in [4.69, 9.17) is 0 Å². The van der Waals surface area contributed by atoms with Crippen LogP contribution in [-0.2, 0) is 0 Å². The molecule has 0 fully saturated rings. The van der Waals surface area contributed by atoms with Gasteiger partial charge in [0.1, 0.15) is 0 Å². The molecule has 0 aliphatic heterocycles. The minimum absolute atomic E-state index is 0.0750. The van der Waals surface area contributed by atoms with Crippen molar-refractivity contribution in [2.75, 3.05) is 0 Å². The highest BCUT2D eigenvalue weighted by atomic mass is 32.1. The molecular weight excluding hydrogens is 268 g/mol. The lowest BCUT2D eigenvalue weighted by molar-refractivity contribution is 0.838. The number of hydrogen-bond donors (Lipinski definition) is 1. The van der Waals surface area contributed by atoms with Gasteiger partial charge in [-0.05, 0) is 42.1 Å². The largest absolute Gasteiger partial charge is 0.291 e. The van der Waals surface area contributed by atoms with E-state index in [-0.39, 0.29) is 5.56 Å². The second-order valence-corrected chi connectivity index (χ2v) is 5.54. The van der Waals surface area contributed by atoms with E-state index >= 15 is 0 Å². The zero-order valence-corrected chi connectivity index (χ0v) is 11.9. The van der Waals surface area contributed by atoms with E-state index in [9.17, 15) is 4.79 Å². The SMILES string of the molecule is C=c1[nH]n(-c2ccccc2)c(=O)/c1=C\c1sccc1C. The number of hydrogen-bond acceptors (Lipinski definition) is 2. The summed E-state index contributed by atoms with van der Waals surface area (Å²) < 4.78 is 1.52. The van der Waals surface area contributed by atoms with Crippen LogP contribution in [0, 0.1) is 6.92 Å². The standard InChI is InChI=1S/C16H14N2OS/c1-11-8-9-20-15(11)10-14-12(2)17-18(16(14)19)13-6-4-3-5-7-13/h3-10,17H,2H2,1H3/b14-10-. The summed E-state index contributed by atoms with van der Waals surface area (Å²) in [6.45, 7) is 5.97. The maximum Gasteiger partial charge on any atom is 0.279 e. The maximum absolute atomic E-state index is 12.5. The fourth-order valence-electron chi connectivity index (χ4n) is 2.07. The Morgan fingerprint density at radius 1 is 1.25 bits per heavy atom. The van der Waals surface area contributed by atoms with Gasteiger partial charge >= 0.3 is 0 Å². The summed E-state index contributed by atoms with van der Waals surface area (Å²) in [5.74, 6) is 0. The van der Waals surface area contributed by atoms with Crippen LogP contribution in [0.2, 0.25) is 0 Å². The molecule has 0 aliphatic carbocycles. The van der Waals surface area contributed by atoms with Crippen molar-refractivity contribution in [3.05, 3.63) is 73.1 Å². The van der Waals surface area contributed by atoms with Crippen molar-refractivity contribution in [2.45, 2.75) is 6.92 Å². The molecule has 1 N–H and O–H groups in total. The van der Waals surface area contributed by atoms with Crippen molar-refractivity contribution in [1.82, 2.24) is 9.78 Å². The van der Waals surface area contributed by atoms with Crippen molar-refractivity contribution in [2.24, 2.45) is 0 Å². The Hall–Kier alpha value is -2.33. The van der Waals surface area contributed by atoms with E-state index in [0.29, 0.717) is 10.6 Å². The van der Waals surface area contributed by atoms with Crippen LogP contribution in [0.5, 0.6) is 0 Å². The van der Waals surface area contributed by atoms with Gasteiger partial charge in [0.2, 0.25) is 0 Å². The highest BCUT2D eigenvalue weighted by Crippen LogP contribution is 2.15. The van der Waals surface area contributed by atoms with Crippen molar-refractivity contribution < 1.29 is 0 Å².